The zero-order chi connectivity index (χ0) is 25.0. The largest absolute Gasteiger partial charge is 0.495 e. The summed E-state index contributed by atoms with van der Waals surface area (Å²) in [6.45, 7) is 0. The van der Waals surface area contributed by atoms with Crippen molar-refractivity contribution in [2.24, 2.45) is 0 Å². The van der Waals surface area contributed by atoms with E-state index in [1.165, 1.54) is 58.8 Å². The molecule has 190 valence electrons. The summed E-state index contributed by atoms with van der Waals surface area (Å²) in [5, 5.41) is 3.67. The average Bonchev–Trinajstić information content (AvgIpc) is 2.80. The van der Waals surface area contributed by atoms with E-state index in [1.807, 2.05) is 0 Å². The lowest BCUT2D eigenvalue weighted by atomic mass is 10.2. The van der Waals surface area contributed by atoms with Crippen molar-refractivity contribution in [2.45, 2.75) is 4.90 Å². The van der Waals surface area contributed by atoms with E-state index in [4.69, 9.17) is 47.9 Å². The van der Waals surface area contributed by atoms with Gasteiger partial charge >= 0.3 is 0 Å². The normalized spacial score (nSPS) is 10.7. The van der Waals surface area contributed by atoms with Crippen LogP contribution in [0.25, 0.3) is 0 Å². The topological polar surface area (TPSA) is 121 Å². The highest BCUT2D eigenvalue weighted by atomic mass is 35.5. The van der Waals surface area contributed by atoms with E-state index in [0.29, 0.717) is 33.6 Å². The van der Waals surface area contributed by atoms with Gasteiger partial charge in [-0.1, -0.05) is 23.2 Å². The standard InChI is InChI=1S/C22H23Cl2N3O6S.ClH/c1-30-19-10-21(32-3)17(8-13(19)23)26-16-6-5-12(7-15(16)25)34(28,29)27-18-9-14(24)20(31-2)11-22(18)33-4;/h5-11,26-27H,25H2,1-4H3;1H. The number of anilines is 4. The summed E-state index contributed by atoms with van der Waals surface area (Å²) in [4.78, 5) is -0.0655. The lowest BCUT2D eigenvalue weighted by molar-refractivity contribution is 0.395. The van der Waals surface area contributed by atoms with Gasteiger partial charge in [-0.05, 0) is 30.3 Å². The van der Waals surface area contributed by atoms with Crippen LogP contribution in [0.15, 0.2) is 47.4 Å². The van der Waals surface area contributed by atoms with Crippen molar-refractivity contribution in [2.75, 3.05) is 44.2 Å². The van der Waals surface area contributed by atoms with Gasteiger partial charge in [-0.2, -0.15) is 0 Å². The summed E-state index contributed by atoms with van der Waals surface area (Å²) in [6.07, 6.45) is 0. The molecule has 0 aliphatic carbocycles. The molecule has 9 nitrogen and oxygen atoms in total. The molecule has 0 aliphatic heterocycles. The van der Waals surface area contributed by atoms with Crippen LogP contribution in [0.5, 0.6) is 23.0 Å². The van der Waals surface area contributed by atoms with Gasteiger partial charge < -0.3 is 30.0 Å². The minimum atomic E-state index is -4.02. The Morgan fingerprint density at radius 3 is 1.69 bits per heavy atom. The SMILES string of the molecule is COc1cc(OC)c(Nc2ccc(S(=O)(=O)Nc3cc(Cl)c(OC)cc3OC)cc2N)cc1Cl.Cl. The van der Waals surface area contributed by atoms with E-state index >= 15 is 0 Å². The highest BCUT2D eigenvalue weighted by Gasteiger charge is 2.20. The maximum Gasteiger partial charge on any atom is 0.262 e. The van der Waals surface area contributed by atoms with Crippen LogP contribution in [0.3, 0.4) is 0 Å². The molecule has 0 heterocycles. The smallest absolute Gasteiger partial charge is 0.262 e. The molecule has 35 heavy (non-hydrogen) atoms. The molecule has 0 saturated carbocycles. The molecule has 0 aromatic heterocycles. The summed E-state index contributed by atoms with van der Waals surface area (Å²) < 4.78 is 49.4. The molecule has 4 N–H and O–H groups in total. The number of halogens is 3. The Kier molecular flexibility index (Phi) is 9.45. The fourth-order valence-electron chi connectivity index (χ4n) is 3.07. The third-order valence-corrected chi connectivity index (χ3v) is 6.75. The summed E-state index contributed by atoms with van der Waals surface area (Å²) in [7, 11) is 1.81. The minimum absolute atomic E-state index is 0. The van der Waals surface area contributed by atoms with Crippen molar-refractivity contribution in [3.63, 3.8) is 0 Å². The van der Waals surface area contributed by atoms with Crippen LogP contribution in [-0.4, -0.2) is 36.9 Å². The molecule has 0 aliphatic rings. The molecule has 0 radical (unpaired) electrons. The van der Waals surface area contributed by atoms with E-state index < -0.39 is 10.0 Å². The van der Waals surface area contributed by atoms with Crippen LogP contribution in [0, 0.1) is 0 Å². The zero-order valence-electron chi connectivity index (χ0n) is 19.1. The fraction of sp³-hybridized carbons (Fsp3) is 0.182. The Hall–Kier alpha value is -2.92. The number of hydrogen-bond acceptors (Lipinski definition) is 8. The van der Waals surface area contributed by atoms with Gasteiger partial charge in [0.2, 0.25) is 0 Å². The van der Waals surface area contributed by atoms with E-state index in [9.17, 15) is 8.42 Å². The fourth-order valence-corrected chi connectivity index (χ4v) is 4.65. The van der Waals surface area contributed by atoms with Gasteiger partial charge in [0.25, 0.3) is 10.0 Å². The monoisotopic (exact) mass is 563 g/mol. The minimum Gasteiger partial charge on any atom is -0.495 e. The molecule has 3 aromatic carbocycles. The highest BCUT2D eigenvalue weighted by molar-refractivity contribution is 7.92. The lowest BCUT2D eigenvalue weighted by Gasteiger charge is -2.17. The molecule has 3 aromatic rings. The molecule has 0 bridgehead atoms. The number of benzene rings is 3. The third kappa shape index (κ3) is 6.21. The Balaban J connectivity index is 0.00000432. The highest BCUT2D eigenvalue weighted by Crippen LogP contribution is 2.39. The number of hydrogen-bond donors (Lipinski definition) is 3. The van der Waals surface area contributed by atoms with Crippen molar-refractivity contribution >= 4 is 68.4 Å². The van der Waals surface area contributed by atoms with Gasteiger partial charge in [-0.15, -0.1) is 12.4 Å². The number of nitrogen functional groups attached to an aromatic ring is 1. The molecule has 0 fully saturated rings. The maximum atomic E-state index is 13.0. The molecule has 13 heteroatoms. The average molecular weight is 565 g/mol. The molecule has 0 unspecified atom stereocenters. The quantitative estimate of drug-likeness (QED) is 0.288. The molecular weight excluding hydrogens is 541 g/mol. The number of sulfonamides is 1. The summed E-state index contributed by atoms with van der Waals surface area (Å²) in [6, 6.07) is 10.4. The first-order valence-corrected chi connectivity index (χ1v) is 11.9. The van der Waals surface area contributed by atoms with Crippen molar-refractivity contribution in [3.05, 3.63) is 52.5 Å². The first-order chi connectivity index (χ1) is 16.1. The van der Waals surface area contributed by atoms with Gasteiger partial charge in [0.1, 0.15) is 23.0 Å². The van der Waals surface area contributed by atoms with Crippen molar-refractivity contribution in [3.8, 4) is 23.0 Å². The second-order valence-electron chi connectivity index (χ2n) is 6.85. The zero-order valence-corrected chi connectivity index (χ0v) is 22.3. The molecule has 0 amide bonds. The van der Waals surface area contributed by atoms with Crippen molar-refractivity contribution < 1.29 is 27.4 Å². The second-order valence-corrected chi connectivity index (χ2v) is 9.35. The molecule has 0 saturated heterocycles. The van der Waals surface area contributed by atoms with Crippen molar-refractivity contribution in [1.82, 2.24) is 0 Å². The van der Waals surface area contributed by atoms with Crippen LogP contribution >= 0.6 is 35.6 Å². The van der Waals surface area contributed by atoms with Crippen molar-refractivity contribution in [1.29, 1.82) is 0 Å². The lowest BCUT2D eigenvalue weighted by Crippen LogP contribution is -2.14. The van der Waals surface area contributed by atoms with E-state index in [0.717, 1.165) is 0 Å². The van der Waals surface area contributed by atoms with E-state index in [1.54, 1.807) is 12.1 Å². The maximum absolute atomic E-state index is 13.0. The van der Waals surface area contributed by atoms with Gasteiger partial charge in [0.15, 0.2) is 0 Å². The van der Waals surface area contributed by atoms with Crippen LogP contribution in [0.4, 0.5) is 22.7 Å². The van der Waals surface area contributed by atoms with Gasteiger partial charge in [0, 0.05) is 12.1 Å². The van der Waals surface area contributed by atoms with Crippen LogP contribution in [-0.2, 0) is 10.0 Å². The van der Waals surface area contributed by atoms with Gasteiger partial charge in [-0.3, -0.25) is 4.72 Å². The summed E-state index contributed by atoms with van der Waals surface area (Å²) >= 11 is 12.4. The molecular formula is C22H24Cl3N3O6S. The summed E-state index contributed by atoms with van der Waals surface area (Å²) in [5.41, 5.74) is 7.44. The Morgan fingerprint density at radius 1 is 0.714 bits per heavy atom. The van der Waals surface area contributed by atoms with Gasteiger partial charge in [-0.25, -0.2) is 8.42 Å². The number of nitrogens with one attached hydrogen (secondary N) is 2. The number of rotatable bonds is 9. The predicted octanol–water partition coefficient (Wildman–Crippen LogP) is 5.58. The van der Waals surface area contributed by atoms with E-state index in [2.05, 4.69) is 10.0 Å². The Bertz CT molecular complexity index is 1320. The summed E-state index contributed by atoms with van der Waals surface area (Å²) in [5.74, 6) is 1.48. The van der Waals surface area contributed by atoms with E-state index in [-0.39, 0.29) is 39.4 Å². The Labute approximate surface area is 219 Å². The van der Waals surface area contributed by atoms with Crippen LogP contribution in [0.2, 0.25) is 10.0 Å². The van der Waals surface area contributed by atoms with Crippen LogP contribution < -0.4 is 34.7 Å². The Morgan fingerprint density at radius 2 is 1.20 bits per heavy atom. The molecule has 0 atom stereocenters. The van der Waals surface area contributed by atoms with Crippen LogP contribution in [0.1, 0.15) is 0 Å². The second kappa shape index (κ2) is 11.7. The first-order valence-electron chi connectivity index (χ1n) is 9.66. The number of nitrogens with two attached hydrogens (primary N) is 1. The van der Waals surface area contributed by atoms with Gasteiger partial charge in [0.05, 0.1) is 66.1 Å². The third-order valence-electron chi connectivity index (χ3n) is 4.79. The number of ether oxygens (including phenoxy) is 4. The number of methoxy groups -OCH3 is 4. The molecule has 0 spiro atoms. The first kappa shape index (κ1) is 28.3. The predicted molar refractivity (Wildman–Crippen MR) is 141 cm³/mol. The molecule has 3 rings (SSSR count).